The largest absolute Gasteiger partial charge is 0.380 e. The van der Waals surface area contributed by atoms with Crippen LogP contribution in [0.25, 0.3) is 0 Å². The molecule has 0 aromatic heterocycles. The van der Waals surface area contributed by atoms with Crippen LogP contribution in [-0.2, 0) is 9.53 Å². The molecule has 1 rings (SSSR count). The van der Waals surface area contributed by atoms with Crippen molar-refractivity contribution in [1.82, 2.24) is 5.32 Å². The third-order valence-electron chi connectivity index (χ3n) is 2.47. The Balaban J connectivity index is 2.16. The van der Waals surface area contributed by atoms with E-state index in [1.165, 1.54) is 0 Å². The summed E-state index contributed by atoms with van der Waals surface area (Å²) in [6.45, 7) is 2.52. The molecule has 76 valence electrons. The summed E-state index contributed by atoms with van der Waals surface area (Å²) in [6.07, 6.45) is 1.33. The second-order valence-electron chi connectivity index (χ2n) is 3.68. The zero-order chi connectivity index (χ0) is 9.84. The van der Waals surface area contributed by atoms with E-state index in [1.54, 1.807) is 7.11 Å². The molecule has 0 bridgehead atoms. The molecule has 13 heavy (non-hydrogen) atoms. The highest BCUT2D eigenvalue weighted by Crippen LogP contribution is 2.28. The van der Waals surface area contributed by atoms with Gasteiger partial charge in [0, 0.05) is 19.7 Å². The molecule has 1 aliphatic rings. The fourth-order valence-electron chi connectivity index (χ4n) is 1.26. The van der Waals surface area contributed by atoms with Crippen LogP contribution in [0, 0.1) is 5.92 Å². The number of carbonyl (C=O) groups is 1. The molecule has 3 N–H and O–H groups in total. The molecule has 4 heteroatoms. The first-order valence-electron chi connectivity index (χ1n) is 4.69. The number of carbonyl (C=O) groups excluding carboxylic acids is 1. The van der Waals surface area contributed by atoms with Crippen molar-refractivity contribution in [2.24, 2.45) is 11.7 Å². The first kappa shape index (κ1) is 10.5. The van der Waals surface area contributed by atoms with Gasteiger partial charge in [-0.1, -0.05) is 6.92 Å². The third kappa shape index (κ3) is 3.32. The fourth-order valence-corrected chi connectivity index (χ4v) is 1.26. The molecular weight excluding hydrogens is 168 g/mol. The summed E-state index contributed by atoms with van der Waals surface area (Å²) >= 11 is 0. The predicted molar refractivity (Wildman–Crippen MR) is 50.2 cm³/mol. The molecule has 1 amide bonds. The summed E-state index contributed by atoms with van der Waals surface area (Å²) in [5, 5.41) is 2.93. The highest BCUT2D eigenvalue weighted by atomic mass is 16.5. The Hall–Kier alpha value is -0.610. The van der Waals surface area contributed by atoms with Gasteiger partial charge in [-0.25, -0.2) is 0 Å². The standard InChI is InChI=1S/C9H18N2O2/c1-6-3-8(6)11-9(12)4-7(5-10)13-2/h6-8H,3-5,10H2,1-2H3,(H,11,12). The van der Waals surface area contributed by atoms with Crippen molar-refractivity contribution in [2.75, 3.05) is 13.7 Å². The van der Waals surface area contributed by atoms with E-state index in [0.717, 1.165) is 6.42 Å². The van der Waals surface area contributed by atoms with Crippen LogP contribution in [-0.4, -0.2) is 31.7 Å². The normalized spacial score (nSPS) is 28.2. The molecule has 1 saturated carbocycles. The van der Waals surface area contributed by atoms with Gasteiger partial charge in [-0.15, -0.1) is 0 Å². The highest BCUT2D eigenvalue weighted by molar-refractivity contribution is 5.77. The lowest BCUT2D eigenvalue weighted by molar-refractivity contribution is -0.123. The molecule has 1 aliphatic carbocycles. The van der Waals surface area contributed by atoms with Crippen LogP contribution in [0.3, 0.4) is 0 Å². The van der Waals surface area contributed by atoms with Gasteiger partial charge < -0.3 is 15.8 Å². The van der Waals surface area contributed by atoms with Gasteiger partial charge in [0.15, 0.2) is 0 Å². The Kier molecular flexibility index (Phi) is 3.69. The van der Waals surface area contributed by atoms with Gasteiger partial charge >= 0.3 is 0 Å². The molecule has 0 saturated heterocycles. The number of rotatable bonds is 5. The second kappa shape index (κ2) is 4.58. The molecule has 3 unspecified atom stereocenters. The van der Waals surface area contributed by atoms with E-state index in [9.17, 15) is 4.79 Å². The lowest BCUT2D eigenvalue weighted by atomic mass is 10.2. The molecule has 4 nitrogen and oxygen atoms in total. The fraction of sp³-hybridized carbons (Fsp3) is 0.889. The lowest BCUT2D eigenvalue weighted by Crippen LogP contribution is -2.33. The topological polar surface area (TPSA) is 64.3 Å². The number of hydrogen-bond donors (Lipinski definition) is 2. The van der Waals surface area contributed by atoms with Gasteiger partial charge in [0.2, 0.25) is 5.91 Å². The zero-order valence-corrected chi connectivity index (χ0v) is 8.25. The van der Waals surface area contributed by atoms with E-state index < -0.39 is 0 Å². The number of methoxy groups -OCH3 is 1. The Morgan fingerprint density at radius 3 is 2.77 bits per heavy atom. The third-order valence-corrected chi connectivity index (χ3v) is 2.47. The van der Waals surface area contributed by atoms with Crippen molar-refractivity contribution in [3.63, 3.8) is 0 Å². The molecule has 0 aliphatic heterocycles. The number of amides is 1. The van der Waals surface area contributed by atoms with Gasteiger partial charge in [-0.2, -0.15) is 0 Å². The van der Waals surface area contributed by atoms with Gasteiger partial charge in [-0.3, -0.25) is 4.79 Å². The van der Waals surface area contributed by atoms with E-state index in [-0.39, 0.29) is 12.0 Å². The number of ether oxygens (including phenoxy) is 1. The van der Waals surface area contributed by atoms with Gasteiger partial charge in [0.25, 0.3) is 0 Å². The summed E-state index contributed by atoms with van der Waals surface area (Å²) < 4.78 is 5.01. The smallest absolute Gasteiger partial charge is 0.222 e. The Labute approximate surface area is 78.8 Å². The Morgan fingerprint density at radius 2 is 2.38 bits per heavy atom. The maximum Gasteiger partial charge on any atom is 0.222 e. The van der Waals surface area contributed by atoms with Crippen molar-refractivity contribution in [2.45, 2.75) is 31.9 Å². The summed E-state index contributed by atoms with van der Waals surface area (Å²) in [4.78, 5) is 11.3. The van der Waals surface area contributed by atoms with Crippen molar-refractivity contribution in [3.8, 4) is 0 Å². The van der Waals surface area contributed by atoms with Crippen LogP contribution in [0.5, 0.6) is 0 Å². The average molecular weight is 186 g/mol. The molecule has 0 heterocycles. The predicted octanol–water partition coefficient (Wildman–Crippen LogP) is -0.125. The van der Waals surface area contributed by atoms with E-state index >= 15 is 0 Å². The Morgan fingerprint density at radius 1 is 1.77 bits per heavy atom. The number of nitrogens with one attached hydrogen (secondary N) is 1. The molecule has 0 spiro atoms. The van der Waals surface area contributed by atoms with Crippen molar-refractivity contribution < 1.29 is 9.53 Å². The molecule has 0 radical (unpaired) electrons. The van der Waals surface area contributed by atoms with Crippen LogP contribution < -0.4 is 11.1 Å². The summed E-state index contributed by atoms with van der Waals surface area (Å²) in [5.41, 5.74) is 5.40. The van der Waals surface area contributed by atoms with Gasteiger partial charge in [0.1, 0.15) is 0 Å². The summed E-state index contributed by atoms with van der Waals surface area (Å²) in [5.74, 6) is 0.689. The molecule has 1 fully saturated rings. The van der Waals surface area contributed by atoms with Crippen molar-refractivity contribution in [3.05, 3.63) is 0 Å². The van der Waals surface area contributed by atoms with E-state index in [1.807, 2.05) is 0 Å². The van der Waals surface area contributed by atoms with E-state index in [4.69, 9.17) is 10.5 Å². The molecule has 0 aromatic rings. The van der Waals surface area contributed by atoms with Crippen molar-refractivity contribution in [1.29, 1.82) is 0 Å². The quantitative estimate of drug-likeness (QED) is 0.629. The van der Waals surface area contributed by atoms with Gasteiger partial charge in [-0.05, 0) is 12.3 Å². The van der Waals surface area contributed by atoms with Gasteiger partial charge in [0.05, 0.1) is 12.5 Å². The summed E-state index contributed by atoms with van der Waals surface area (Å²) in [6, 6.07) is 0.391. The zero-order valence-electron chi connectivity index (χ0n) is 8.25. The maximum absolute atomic E-state index is 11.3. The molecule has 3 atom stereocenters. The minimum atomic E-state index is -0.144. The minimum Gasteiger partial charge on any atom is -0.380 e. The second-order valence-corrected chi connectivity index (χ2v) is 3.68. The molecule has 0 aromatic carbocycles. The first-order valence-corrected chi connectivity index (χ1v) is 4.69. The average Bonchev–Trinajstić information content (AvgIpc) is 2.77. The minimum absolute atomic E-state index is 0.0478. The van der Waals surface area contributed by atoms with Crippen LogP contribution in [0.15, 0.2) is 0 Å². The Bertz CT molecular complexity index is 180. The van der Waals surface area contributed by atoms with Crippen molar-refractivity contribution >= 4 is 5.91 Å². The maximum atomic E-state index is 11.3. The summed E-state index contributed by atoms with van der Waals surface area (Å²) in [7, 11) is 1.57. The SMILES string of the molecule is COC(CN)CC(=O)NC1CC1C. The highest BCUT2D eigenvalue weighted by Gasteiger charge is 2.33. The van der Waals surface area contributed by atoms with Crippen LogP contribution in [0.1, 0.15) is 19.8 Å². The monoisotopic (exact) mass is 186 g/mol. The van der Waals surface area contributed by atoms with Crippen LogP contribution >= 0.6 is 0 Å². The molecular formula is C9H18N2O2. The lowest BCUT2D eigenvalue weighted by Gasteiger charge is -2.12. The van der Waals surface area contributed by atoms with Crippen LogP contribution in [0.2, 0.25) is 0 Å². The number of hydrogen-bond acceptors (Lipinski definition) is 3. The van der Waals surface area contributed by atoms with E-state index in [2.05, 4.69) is 12.2 Å². The van der Waals surface area contributed by atoms with E-state index in [0.29, 0.717) is 24.9 Å². The van der Waals surface area contributed by atoms with Crippen LogP contribution in [0.4, 0.5) is 0 Å². The number of nitrogens with two attached hydrogens (primary N) is 1. The first-order chi connectivity index (χ1) is 6.17.